The van der Waals surface area contributed by atoms with E-state index in [-0.39, 0.29) is 11.3 Å². The molecule has 0 saturated carbocycles. The molecule has 7 heteroatoms. The number of nitrogens with zero attached hydrogens (tertiary/aromatic N) is 1. The van der Waals surface area contributed by atoms with Crippen molar-refractivity contribution in [3.8, 4) is 0 Å². The van der Waals surface area contributed by atoms with Crippen LogP contribution in [0.2, 0.25) is 0 Å². The summed E-state index contributed by atoms with van der Waals surface area (Å²) in [6, 6.07) is 13.1. The summed E-state index contributed by atoms with van der Waals surface area (Å²) in [6.45, 7) is 3.68. The number of para-hydroxylation sites is 1. The van der Waals surface area contributed by atoms with Crippen molar-refractivity contribution < 1.29 is 19.2 Å². The molecule has 0 radical (unpaired) electrons. The van der Waals surface area contributed by atoms with E-state index in [9.17, 15) is 19.7 Å². The average molecular weight is 342 g/mol. The SMILES string of the molecule is Cc1ccc(CNC(=O)C(C)OC(=O)c2ccccc2[N+](=O)[O-])cc1. The molecule has 0 saturated heterocycles. The number of carbonyl (C=O) groups is 2. The summed E-state index contributed by atoms with van der Waals surface area (Å²) < 4.78 is 5.04. The second-order valence-electron chi connectivity index (χ2n) is 5.53. The van der Waals surface area contributed by atoms with E-state index in [0.29, 0.717) is 6.54 Å². The van der Waals surface area contributed by atoms with Crippen molar-refractivity contribution >= 4 is 17.6 Å². The zero-order chi connectivity index (χ0) is 18.4. The normalized spacial score (nSPS) is 11.4. The van der Waals surface area contributed by atoms with Gasteiger partial charge in [-0.25, -0.2) is 4.79 Å². The fraction of sp³-hybridized carbons (Fsp3) is 0.222. The van der Waals surface area contributed by atoms with Crippen molar-refractivity contribution in [3.63, 3.8) is 0 Å². The summed E-state index contributed by atoms with van der Waals surface area (Å²) in [5, 5.41) is 13.6. The van der Waals surface area contributed by atoms with Crippen LogP contribution in [-0.2, 0) is 16.1 Å². The Balaban J connectivity index is 1.95. The molecule has 0 aromatic heterocycles. The first kappa shape index (κ1) is 18.1. The van der Waals surface area contributed by atoms with E-state index in [2.05, 4.69) is 5.32 Å². The number of esters is 1. The van der Waals surface area contributed by atoms with Crippen LogP contribution in [0.25, 0.3) is 0 Å². The predicted molar refractivity (Wildman–Crippen MR) is 91.0 cm³/mol. The molecule has 7 nitrogen and oxygen atoms in total. The van der Waals surface area contributed by atoms with Crippen molar-refractivity contribution in [2.45, 2.75) is 26.5 Å². The number of hydrogen-bond donors (Lipinski definition) is 1. The minimum Gasteiger partial charge on any atom is -0.449 e. The van der Waals surface area contributed by atoms with Gasteiger partial charge < -0.3 is 10.1 Å². The lowest BCUT2D eigenvalue weighted by molar-refractivity contribution is -0.385. The van der Waals surface area contributed by atoms with Crippen LogP contribution in [0.5, 0.6) is 0 Å². The fourth-order valence-corrected chi connectivity index (χ4v) is 2.12. The van der Waals surface area contributed by atoms with Crippen LogP contribution in [0, 0.1) is 17.0 Å². The minimum absolute atomic E-state index is 0.189. The number of hydrogen-bond acceptors (Lipinski definition) is 5. The second-order valence-corrected chi connectivity index (χ2v) is 5.53. The molecule has 1 atom stereocenters. The molecule has 0 bridgehead atoms. The first-order chi connectivity index (χ1) is 11.9. The van der Waals surface area contributed by atoms with Gasteiger partial charge in [0.15, 0.2) is 6.10 Å². The van der Waals surface area contributed by atoms with Crippen molar-refractivity contribution in [2.24, 2.45) is 0 Å². The van der Waals surface area contributed by atoms with Gasteiger partial charge in [-0.3, -0.25) is 14.9 Å². The molecule has 25 heavy (non-hydrogen) atoms. The summed E-state index contributed by atoms with van der Waals surface area (Å²) in [7, 11) is 0. The van der Waals surface area contributed by atoms with Crippen LogP contribution >= 0.6 is 0 Å². The van der Waals surface area contributed by atoms with Crippen LogP contribution in [-0.4, -0.2) is 22.9 Å². The average Bonchev–Trinajstić information content (AvgIpc) is 2.60. The number of carbonyl (C=O) groups excluding carboxylic acids is 2. The Kier molecular flexibility index (Phi) is 5.84. The Hall–Kier alpha value is -3.22. The predicted octanol–water partition coefficient (Wildman–Crippen LogP) is 2.76. The summed E-state index contributed by atoms with van der Waals surface area (Å²) >= 11 is 0. The topological polar surface area (TPSA) is 98.5 Å². The quantitative estimate of drug-likeness (QED) is 0.494. The molecular formula is C18H18N2O5. The van der Waals surface area contributed by atoms with Crippen LogP contribution in [0.3, 0.4) is 0 Å². The monoisotopic (exact) mass is 342 g/mol. The summed E-state index contributed by atoms with van der Waals surface area (Å²) in [6.07, 6.45) is -1.07. The highest BCUT2D eigenvalue weighted by molar-refractivity contribution is 5.95. The van der Waals surface area contributed by atoms with E-state index in [1.165, 1.54) is 31.2 Å². The Labute approximate surface area is 144 Å². The Morgan fingerprint density at radius 2 is 1.80 bits per heavy atom. The Morgan fingerprint density at radius 3 is 2.44 bits per heavy atom. The molecule has 0 aliphatic rings. The number of amides is 1. The number of nitrogens with one attached hydrogen (secondary N) is 1. The summed E-state index contributed by atoms with van der Waals surface area (Å²) in [5.74, 6) is -1.39. The van der Waals surface area contributed by atoms with E-state index in [0.717, 1.165) is 11.1 Å². The summed E-state index contributed by atoms with van der Waals surface area (Å²) in [5.41, 5.74) is 1.48. The summed E-state index contributed by atoms with van der Waals surface area (Å²) in [4.78, 5) is 34.4. The van der Waals surface area contributed by atoms with Gasteiger partial charge in [-0.2, -0.15) is 0 Å². The number of nitro groups is 1. The van der Waals surface area contributed by atoms with E-state index < -0.39 is 22.9 Å². The zero-order valence-electron chi connectivity index (χ0n) is 13.9. The van der Waals surface area contributed by atoms with Gasteiger partial charge in [0.1, 0.15) is 5.56 Å². The van der Waals surface area contributed by atoms with Crippen LogP contribution in [0.1, 0.15) is 28.4 Å². The zero-order valence-corrected chi connectivity index (χ0v) is 13.9. The van der Waals surface area contributed by atoms with Gasteiger partial charge in [0.05, 0.1) is 4.92 Å². The van der Waals surface area contributed by atoms with E-state index in [1.807, 2.05) is 31.2 Å². The van der Waals surface area contributed by atoms with Crippen molar-refractivity contribution in [1.82, 2.24) is 5.32 Å². The lowest BCUT2D eigenvalue weighted by atomic mass is 10.1. The van der Waals surface area contributed by atoms with Gasteiger partial charge in [-0.15, -0.1) is 0 Å². The van der Waals surface area contributed by atoms with Gasteiger partial charge in [0.2, 0.25) is 0 Å². The number of benzene rings is 2. The maximum atomic E-state index is 12.1. The highest BCUT2D eigenvalue weighted by atomic mass is 16.6. The minimum atomic E-state index is -1.07. The molecule has 0 aliphatic carbocycles. The number of rotatable bonds is 6. The molecule has 2 aromatic carbocycles. The Bertz CT molecular complexity index is 786. The molecule has 1 unspecified atom stereocenters. The smallest absolute Gasteiger partial charge is 0.345 e. The number of ether oxygens (including phenoxy) is 1. The van der Waals surface area contributed by atoms with Gasteiger partial charge in [0.25, 0.3) is 11.6 Å². The molecule has 130 valence electrons. The molecule has 2 aromatic rings. The van der Waals surface area contributed by atoms with E-state index in [4.69, 9.17) is 4.74 Å². The van der Waals surface area contributed by atoms with Gasteiger partial charge in [-0.1, -0.05) is 42.0 Å². The molecule has 1 N–H and O–H groups in total. The molecular weight excluding hydrogens is 324 g/mol. The van der Waals surface area contributed by atoms with E-state index >= 15 is 0 Å². The molecule has 2 rings (SSSR count). The second kappa shape index (κ2) is 8.05. The molecule has 1 amide bonds. The van der Waals surface area contributed by atoms with Gasteiger partial charge in [0, 0.05) is 12.6 Å². The van der Waals surface area contributed by atoms with E-state index in [1.54, 1.807) is 0 Å². The lowest BCUT2D eigenvalue weighted by Gasteiger charge is -2.13. The van der Waals surface area contributed by atoms with Crippen LogP contribution < -0.4 is 5.32 Å². The third kappa shape index (κ3) is 4.87. The van der Waals surface area contributed by atoms with Crippen LogP contribution in [0.15, 0.2) is 48.5 Å². The Morgan fingerprint density at radius 1 is 1.16 bits per heavy atom. The number of nitro benzene ring substituents is 1. The third-order valence-corrected chi connectivity index (χ3v) is 3.56. The van der Waals surface area contributed by atoms with Gasteiger partial charge in [-0.05, 0) is 25.5 Å². The molecule has 0 heterocycles. The third-order valence-electron chi connectivity index (χ3n) is 3.56. The van der Waals surface area contributed by atoms with Crippen LogP contribution in [0.4, 0.5) is 5.69 Å². The van der Waals surface area contributed by atoms with Crippen molar-refractivity contribution in [1.29, 1.82) is 0 Å². The fourth-order valence-electron chi connectivity index (χ4n) is 2.12. The highest BCUT2D eigenvalue weighted by Gasteiger charge is 2.24. The standard InChI is InChI=1S/C18H18N2O5/c1-12-7-9-14(10-8-12)11-19-17(21)13(2)25-18(22)15-5-3-4-6-16(15)20(23)24/h3-10,13H,11H2,1-2H3,(H,19,21). The first-order valence-corrected chi connectivity index (χ1v) is 7.66. The van der Waals surface area contributed by atoms with Gasteiger partial charge >= 0.3 is 5.97 Å². The number of aryl methyl sites for hydroxylation is 1. The highest BCUT2D eigenvalue weighted by Crippen LogP contribution is 2.19. The molecule has 0 aliphatic heterocycles. The maximum absolute atomic E-state index is 12.1. The largest absolute Gasteiger partial charge is 0.449 e. The lowest BCUT2D eigenvalue weighted by Crippen LogP contribution is -2.35. The maximum Gasteiger partial charge on any atom is 0.345 e. The van der Waals surface area contributed by atoms with Crippen molar-refractivity contribution in [3.05, 3.63) is 75.3 Å². The first-order valence-electron chi connectivity index (χ1n) is 7.66. The molecule has 0 fully saturated rings. The van der Waals surface area contributed by atoms with Crippen molar-refractivity contribution in [2.75, 3.05) is 0 Å². The molecule has 0 spiro atoms.